The van der Waals surface area contributed by atoms with Gasteiger partial charge in [0.15, 0.2) is 11.6 Å². The zero-order valence-electron chi connectivity index (χ0n) is 9.08. The number of nitrogens with two attached hydrogens (primary N) is 1. The molecule has 2 N–H and O–H groups in total. The molecule has 5 heteroatoms. The maximum absolute atomic E-state index is 13.7. The number of rotatable bonds is 2. The lowest BCUT2D eigenvalue weighted by molar-refractivity contribution is 0.103. The molecule has 0 fully saturated rings. The summed E-state index contributed by atoms with van der Waals surface area (Å²) in [6, 6.07) is 8.66. The molecule has 92 valence electrons. The van der Waals surface area contributed by atoms with Crippen LogP contribution in [0, 0.1) is 5.82 Å². The van der Waals surface area contributed by atoms with Gasteiger partial charge in [-0.05, 0) is 30.3 Å². The Balaban J connectivity index is 2.51. The highest BCUT2D eigenvalue weighted by Gasteiger charge is 2.18. The Kier molecular flexibility index (Phi) is 3.55. The minimum atomic E-state index is -0.753. The van der Waals surface area contributed by atoms with E-state index in [4.69, 9.17) is 28.9 Å². The summed E-state index contributed by atoms with van der Waals surface area (Å²) < 4.78 is 13.7. The Morgan fingerprint density at radius 1 is 1.06 bits per heavy atom. The Labute approximate surface area is 113 Å². The topological polar surface area (TPSA) is 43.1 Å². The highest BCUT2D eigenvalue weighted by atomic mass is 35.5. The monoisotopic (exact) mass is 283 g/mol. The Morgan fingerprint density at radius 2 is 1.78 bits per heavy atom. The number of nitrogen functional groups attached to an aromatic ring is 1. The fourth-order valence-electron chi connectivity index (χ4n) is 1.54. The summed E-state index contributed by atoms with van der Waals surface area (Å²) >= 11 is 11.5. The lowest BCUT2D eigenvalue weighted by Crippen LogP contribution is -2.05. The minimum absolute atomic E-state index is 0.104. The normalized spacial score (nSPS) is 10.4. The average Bonchev–Trinajstić information content (AvgIpc) is 2.32. The lowest BCUT2D eigenvalue weighted by Gasteiger charge is -2.06. The van der Waals surface area contributed by atoms with Gasteiger partial charge in [-0.1, -0.05) is 29.3 Å². The van der Waals surface area contributed by atoms with Gasteiger partial charge in [0.05, 0.1) is 15.6 Å². The molecule has 0 heterocycles. The summed E-state index contributed by atoms with van der Waals surface area (Å²) in [6.45, 7) is 0. The maximum atomic E-state index is 13.7. The van der Waals surface area contributed by atoms with E-state index in [9.17, 15) is 9.18 Å². The van der Waals surface area contributed by atoms with E-state index in [1.54, 1.807) is 0 Å². The molecule has 0 saturated carbocycles. The summed E-state index contributed by atoms with van der Waals surface area (Å²) in [6.07, 6.45) is 0. The smallest absolute Gasteiger partial charge is 0.197 e. The van der Waals surface area contributed by atoms with Crippen LogP contribution in [0.4, 0.5) is 10.1 Å². The van der Waals surface area contributed by atoms with Crippen LogP contribution in [0.2, 0.25) is 10.0 Å². The number of hydrogen-bond acceptors (Lipinski definition) is 2. The van der Waals surface area contributed by atoms with Gasteiger partial charge in [0, 0.05) is 11.3 Å². The molecular formula is C13H8Cl2FNO. The van der Waals surface area contributed by atoms with Gasteiger partial charge < -0.3 is 5.73 Å². The molecular weight excluding hydrogens is 276 g/mol. The van der Waals surface area contributed by atoms with Crippen molar-refractivity contribution < 1.29 is 9.18 Å². The molecule has 0 aromatic heterocycles. The largest absolute Gasteiger partial charge is 0.399 e. The van der Waals surface area contributed by atoms with Crippen LogP contribution < -0.4 is 5.73 Å². The van der Waals surface area contributed by atoms with Crippen LogP contribution in [-0.2, 0) is 0 Å². The third-order valence-corrected chi connectivity index (χ3v) is 3.04. The fourth-order valence-corrected chi connectivity index (χ4v) is 1.99. The van der Waals surface area contributed by atoms with Crippen molar-refractivity contribution in [2.24, 2.45) is 0 Å². The summed E-state index contributed by atoms with van der Waals surface area (Å²) in [5.41, 5.74) is 6.03. The molecule has 0 saturated heterocycles. The van der Waals surface area contributed by atoms with Crippen molar-refractivity contribution in [3.8, 4) is 0 Å². The van der Waals surface area contributed by atoms with Gasteiger partial charge in [-0.15, -0.1) is 0 Å². The van der Waals surface area contributed by atoms with E-state index in [-0.39, 0.29) is 21.2 Å². The third-order valence-electron chi connectivity index (χ3n) is 2.43. The van der Waals surface area contributed by atoms with Gasteiger partial charge in [0.25, 0.3) is 0 Å². The number of halogens is 3. The summed E-state index contributed by atoms with van der Waals surface area (Å²) in [4.78, 5) is 12.1. The molecule has 0 bridgehead atoms. The van der Waals surface area contributed by atoms with Gasteiger partial charge in [0.1, 0.15) is 0 Å². The first kappa shape index (κ1) is 12.9. The van der Waals surface area contributed by atoms with E-state index in [0.29, 0.717) is 5.69 Å². The van der Waals surface area contributed by atoms with E-state index in [2.05, 4.69) is 0 Å². The lowest BCUT2D eigenvalue weighted by atomic mass is 10.0. The van der Waals surface area contributed by atoms with E-state index >= 15 is 0 Å². The van der Waals surface area contributed by atoms with Crippen molar-refractivity contribution >= 4 is 34.7 Å². The Bertz CT molecular complexity index is 628. The molecule has 2 aromatic rings. The van der Waals surface area contributed by atoms with Crippen LogP contribution >= 0.6 is 23.2 Å². The van der Waals surface area contributed by atoms with Gasteiger partial charge in [-0.25, -0.2) is 4.39 Å². The second-order valence-corrected chi connectivity index (χ2v) is 4.48. The van der Waals surface area contributed by atoms with Crippen molar-refractivity contribution in [1.29, 1.82) is 0 Å². The van der Waals surface area contributed by atoms with Gasteiger partial charge >= 0.3 is 0 Å². The van der Waals surface area contributed by atoms with Crippen LogP contribution in [0.25, 0.3) is 0 Å². The minimum Gasteiger partial charge on any atom is -0.399 e. The van der Waals surface area contributed by atoms with E-state index in [0.717, 1.165) is 0 Å². The zero-order valence-corrected chi connectivity index (χ0v) is 10.6. The van der Waals surface area contributed by atoms with E-state index < -0.39 is 11.6 Å². The second kappa shape index (κ2) is 4.96. The van der Waals surface area contributed by atoms with Crippen molar-refractivity contribution in [3.63, 3.8) is 0 Å². The predicted molar refractivity (Wildman–Crippen MR) is 70.7 cm³/mol. The molecule has 0 aliphatic rings. The highest BCUT2D eigenvalue weighted by molar-refractivity contribution is 6.35. The molecule has 0 aliphatic carbocycles. The van der Waals surface area contributed by atoms with E-state index in [1.807, 2.05) is 0 Å². The molecule has 18 heavy (non-hydrogen) atoms. The third kappa shape index (κ3) is 2.33. The van der Waals surface area contributed by atoms with Crippen molar-refractivity contribution in [2.45, 2.75) is 0 Å². The van der Waals surface area contributed by atoms with Gasteiger partial charge in [0.2, 0.25) is 0 Å². The van der Waals surface area contributed by atoms with Gasteiger partial charge in [-0.3, -0.25) is 4.79 Å². The summed E-state index contributed by atoms with van der Waals surface area (Å²) in [7, 11) is 0. The van der Waals surface area contributed by atoms with Crippen molar-refractivity contribution in [3.05, 3.63) is 63.4 Å². The summed E-state index contributed by atoms with van der Waals surface area (Å²) in [5.74, 6) is -1.28. The average molecular weight is 284 g/mol. The van der Waals surface area contributed by atoms with Crippen LogP contribution in [0.1, 0.15) is 15.9 Å². The molecule has 0 atom stereocenters. The number of hydrogen-bond donors (Lipinski definition) is 1. The second-order valence-electron chi connectivity index (χ2n) is 3.67. The number of benzene rings is 2. The molecule has 2 aromatic carbocycles. The van der Waals surface area contributed by atoms with Crippen LogP contribution in [0.15, 0.2) is 36.4 Å². The van der Waals surface area contributed by atoms with Crippen LogP contribution in [0.3, 0.4) is 0 Å². The molecule has 2 rings (SSSR count). The SMILES string of the molecule is Nc1ccc(C(=O)c2cccc(Cl)c2F)c(Cl)c1. The predicted octanol–water partition coefficient (Wildman–Crippen LogP) is 3.95. The number of anilines is 1. The van der Waals surface area contributed by atoms with Crippen LogP contribution in [-0.4, -0.2) is 5.78 Å². The van der Waals surface area contributed by atoms with E-state index in [1.165, 1.54) is 36.4 Å². The number of carbonyl (C=O) groups excluding carboxylic acids is 1. The molecule has 0 spiro atoms. The number of ketones is 1. The standard InChI is InChI=1S/C13H8Cl2FNO/c14-10-3-1-2-9(12(10)16)13(18)8-5-4-7(17)6-11(8)15/h1-6H,17H2. The quantitative estimate of drug-likeness (QED) is 0.670. The molecule has 0 unspecified atom stereocenters. The molecule has 0 amide bonds. The first-order valence-electron chi connectivity index (χ1n) is 5.04. The van der Waals surface area contributed by atoms with Crippen molar-refractivity contribution in [2.75, 3.05) is 5.73 Å². The Hall–Kier alpha value is -1.58. The first-order valence-corrected chi connectivity index (χ1v) is 5.80. The van der Waals surface area contributed by atoms with Crippen molar-refractivity contribution in [1.82, 2.24) is 0 Å². The molecule has 0 aliphatic heterocycles. The summed E-state index contributed by atoms with van der Waals surface area (Å²) in [5, 5.41) is 0.0757. The maximum Gasteiger partial charge on any atom is 0.197 e. The first-order chi connectivity index (χ1) is 8.50. The zero-order chi connectivity index (χ0) is 13.3. The van der Waals surface area contributed by atoms with Gasteiger partial charge in [-0.2, -0.15) is 0 Å². The molecule has 2 nitrogen and oxygen atoms in total. The number of carbonyl (C=O) groups is 1. The highest BCUT2D eigenvalue weighted by Crippen LogP contribution is 2.25. The Morgan fingerprint density at radius 3 is 2.44 bits per heavy atom. The molecule has 0 radical (unpaired) electrons. The van der Waals surface area contributed by atoms with Crippen LogP contribution in [0.5, 0.6) is 0 Å². The fraction of sp³-hybridized carbons (Fsp3) is 0.